The smallest absolute Gasteiger partial charge is 0.313 e. The van der Waals surface area contributed by atoms with E-state index in [0.29, 0.717) is 12.5 Å². The Balaban J connectivity index is 2.05. The molecular weight excluding hydrogens is 254 g/mol. The van der Waals surface area contributed by atoms with Crippen LogP contribution in [0.5, 0.6) is 0 Å². The SMILES string of the molecule is CCOC(=O)[C@@]1(C(C)C)CCN(Cc2cnn(C)c2)C1. The van der Waals surface area contributed by atoms with Crippen molar-refractivity contribution in [2.24, 2.45) is 18.4 Å². The van der Waals surface area contributed by atoms with Gasteiger partial charge in [-0.2, -0.15) is 5.10 Å². The van der Waals surface area contributed by atoms with E-state index < -0.39 is 0 Å². The van der Waals surface area contributed by atoms with Crippen LogP contribution in [0.25, 0.3) is 0 Å². The fraction of sp³-hybridized carbons (Fsp3) is 0.733. The Morgan fingerprint density at radius 3 is 2.85 bits per heavy atom. The minimum Gasteiger partial charge on any atom is -0.466 e. The number of nitrogens with zero attached hydrogens (tertiary/aromatic N) is 3. The lowest BCUT2D eigenvalue weighted by atomic mass is 9.76. The first kappa shape index (κ1) is 15.0. The van der Waals surface area contributed by atoms with Gasteiger partial charge in [0.2, 0.25) is 0 Å². The molecule has 0 bridgehead atoms. The molecule has 1 saturated heterocycles. The number of aromatic nitrogens is 2. The zero-order valence-electron chi connectivity index (χ0n) is 12.9. The van der Waals surface area contributed by atoms with Gasteiger partial charge in [-0.3, -0.25) is 14.4 Å². The second kappa shape index (κ2) is 5.95. The summed E-state index contributed by atoms with van der Waals surface area (Å²) in [5.41, 5.74) is 0.842. The van der Waals surface area contributed by atoms with Crippen LogP contribution in [-0.2, 0) is 23.1 Å². The molecule has 20 heavy (non-hydrogen) atoms. The van der Waals surface area contributed by atoms with E-state index in [9.17, 15) is 4.79 Å². The highest BCUT2D eigenvalue weighted by molar-refractivity contribution is 5.78. The van der Waals surface area contributed by atoms with E-state index in [0.717, 1.165) is 26.1 Å². The molecule has 0 N–H and O–H groups in total. The van der Waals surface area contributed by atoms with Gasteiger partial charge in [0.25, 0.3) is 0 Å². The number of carbonyl (C=O) groups is 1. The average Bonchev–Trinajstić information content (AvgIpc) is 2.98. The molecule has 5 heteroatoms. The Morgan fingerprint density at radius 2 is 2.30 bits per heavy atom. The molecule has 0 radical (unpaired) electrons. The number of hydrogen-bond donors (Lipinski definition) is 0. The van der Waals surface area contributed by atoms with Gasteiger partial charge in [-0.05, 0) is 25.8 Å². The average molecular weight is 279 g/mol. The standard InChI is InChI=1S/C15H25N3O2/c1-5-20-14(19)15(12(2)3)6-7-18(11-15)10-13-8-16-17(4)9-13/h8-9,12H,5-7,10-11H2,1-4H3/t15-/m0/s1. The molecule has 1 aliphatic heterocycles. The van der Waals surface area contributed by atoms with Crippen molar-refractivity contribution >= 4 is 5.97 Å². The van der Waals surface area contributed by atoms with Gasteiger partial charge in [0.1, 0.15) is 0 Å². The van der Waals surface area contributed by atoms with E-state index in [1.165, 1.54) is 5.56 Å². The maximum Gasteiger partial charge on any atom is 0.313 e. The van der Waals surface area contributed by atoms with Crippen LogP contribution >= 0.6 is 0 Å². The fourth-order valence-electron chi connectivity index (χ4n) is 3.01. The summed E-state index contributed by atoms with van der Waals surface area (Å²) < 4.78 is 7.12. The Labute approximate surface area is 120 Å². The number of likely N-dealkylation sites (tertiary alicyclic amines) is 1. The molecule has 1 aromatic heterocycles. The van der Waals surface area contributed by atoms with E-state index in [2.05, 4.69) is 23.8 Å². The molecule has 2 rings (SSSR count). The predicted molar refractivity (Wildman–Crippen MR) is 77.0 cm³/mol. The lowest BCUT2D eigenvalue weighted by Gasteiger charge is -2.31. The van der Waals surface area contributed by atoms with Crippen molar-refractivity contribution in [2.75, 3.05) is 19.7 Å². The summed E-state index contributed by atoms with van der Waals surface area (Å²) >= 11 is 0. The van der Waals surface area contributed by atoms with Crippen molar-refractivity contribution in [3.63, 3.8) is 0 Å². The van der Waals surface area contributed by atoms with Crippen molar-refractivity contribution in [1.29, 1.82) is 0 Å². The van der Waals surface area contributed by atoms with Gasteiger partial charge in [0.15, 0.2) is 0 Å². The summed E-state index contributed by atoms with van der Waals surface area (Å²) in [6.07, 6.45) is 4.79. The highest BCUT2D eigenvalue weighted by Crippen LogP contribution is 2.39. The molecule has 0 spiro atoms. The third-order valence-electron chi connectivity index (χ3n) is 4.33. The van der Waals surface area contributed by atoms with Crippen LogP contribution in [0.3, 0.4) is 0 Å². The third kappa shape index (κ3) is 2.87. The Morgan fingerprint density at radius 1 is 1.55 bits per heavy atom. The summed E-state index contributed by atoms with van der Waals surface area (Å²) in [6.45, 7) is 9.12. The normalized spacial score (nSPS) is 23.4. The maximum atomic E-state index is 12.3. The Kier molecular flexibility index (Phi) is 4.48. The predicted octanol–water partition coefficient (Wildman–Crippen LogP) is 1.83. The quantitative estimate of drug-likeness (QED) is 0.772. The molecule has 1 aliphatic rings. The van der Waals surface area contributed by atoms with Gasteiger partial charge in [-0.25, -0.2) is 0 Å². The van der Waals surface area contributed by atoms with Gasteiger partial charge < -0.3 is 4.74 Å². The van der Waals surface area contributed by atoms with Crippen LogP contribution in [0.2, 0.25) is 0 Å². The summed E-state index contributed by atoms with van der Waals surface area (Å²) in [7, 11) is 1.92. The minimum absolute atomic E-state index is 0.0383. The molecule has 1 atom stereocenters. The minimum atomic E-state index is -0.349. The fourth-order valence-corrected chi connectivity index (χ4v) is 3.01. The van der Waals surface area contributed by atoms with Crippen LogP contribution in [0, 0.1) is 11.3 Å². The number of ether oxygens (including phenoxy) is 1. The van der Waals surface area contributed by atoms with Crippen molar-refractivity contribution in [3.8, 4) is 0 Å². The Bertz CT molecular complexity index is 469. The number of aryl methyl sites for hydroxylation is 1. The molecular formula is C15H25N3O2. The van der Waals surface area contributed by atoms with Crippen LogP contribution in [0.15, 0.2) is 12.4 Å². The van der Waals surface area contributed by atoms with E-state index >= 15 is 0 Å². The van der Waals surface area contributed by atoms with Gasteiger partial charge in [-0.15, -0.1) is 0 Å². The molecule has 0 aliphatic carbocycles. The highest BCUT2D eigenvalue weighted by atomic mass is 16.5. The summed E-state index contributed by atoms with van der Waals surface area (Å²) in [5.74, 6) is 0.254. The first-order chi connectivity index (χ1) is 9.48. The highest BCUT2D eigenvalue weighted by Gasteiger charge is 2.48. The maximum absolute atomic E-state index is 12.3. The van der Waals surface area contributed by atoms with Crippen LogP contribution < -0.4 is 0 Å². The van der Waals surface area contributed by atoms with Crippen LogP contribution in [0.1, 0.15) is 32.8 Å². The van der Waals surface area contributed by atoms with Crippen molar-refractivity contribution in [1.82, 2.24) is 14.7 Å². The monoisotopic (exact) mass is 279 g/mol. The zero-order chi connectivity index (χ0) is 14.8. The molecule has 0 saturated carbocycles. The van der Waals surface area contributed by atoms with Crippen molar-refractivity contribution in [3.05, 3.63) is 18.0 Å². The van der Waals surface area contributed by atoms with E-state index in [-0.39, 0.29) is 11.4 Å². The molecule has 5 nitrogen and oxygen atoms in total. The first-order valence-electron chi connectivity index (χ1n) is 7.35. The zero-order valence-corrected chi connectivity index (χ0v) is 12.9. The lowest BCUT2D eigenvalue weighted by molar-refractivity contribution is -0.157. The molecule has 0 unspecified atom stereocenters. The second-order valence-corrected chi connectivity index (χ2v) is 6.01. The summed E-state index contributed by atoms with van der Waals surface area (Å²) in [6, 6.07) is 0. The first-order valence-corrected chi connectivity index (χ1v) is 7.35. The van der Waals surface area contributed by atoms with Crippen molar-refractivity contribution in [2.45, 2.75) is 33.7 Å². The molecule has 2 heterocycles. The van der Waals surface area contributed by atoms with E-state index in [4.69, 9.17) is 4.74 Å². The van der Waals surface area contributed by atoms with Gasteiger partial charge in [-0.1, -0.05) is 13.8 Å². The second-order valence-electron chi connectivity index (χ2n) is 6.01. The number of carbonyl (C=O) groups excluding carboxylic acids is 1. The molecule has 0 amide bonds. The third-order valence-corrected chi connectivity index (χ3v) is 4.33. The molecule has 0 aromatic carbocycles. The lowest BCUT2D eigenvalue weighted by Crippen LogP contribution is -2.40. The molecule has 1 aromatic rings. The van der Waals surface area contributed by atoms with Crippen LogP contribution in [-0.4, -0.2) is 40.3 Å². The van der Waals surface area contributed by atoms with Crippen molar-refractivity contribution < 1.29 is 9.53 Å². The summed E-state index contributed by atoms with van der Waals surface area (Å²) in [5, 5.41) is 4.19. The molecule has 1 fully saturated rings. The summed E-state index contributed by atoms with van der Waals surface area (Å²) in [4.78, 5) is 14.7. The topological polar surface area (TPSA) is 47.4 Å². The van der Waals surface area contributed by atoms with Crippen LogP contribution in [0.4, 0.5) is 0 Å². The molecule has 112 valence electrons. The number of hydrogen-bond acceptors (Lipinski definition) is 4. The van der Waals surface area contributed by atoms with E-state index in [1.54, 1.807) is 0 Å². The van der Waals surface area contributed by atoms with Gasteiger partial charge in [0, 0.05) is 31.9 Å². The number of rotatable bonds is 5. The Hall–Kier alpha value is -1.36. The largest absolute Gasteiger partial charge is 0.466 e. The van der Waals surface area contributed by atoms with Gasteiger partial charge >= 0.3 is 5.97 Å². The number of esters is 1. The van der Waals surface area contributed by atoms with E-state index in [1.807, 2.05) is 31.0 Å². The van der Waals surface area contributed by atoms with Gasteiger partial charge in [0.05, 0.1) is 18.2 Å².